The lowest BCUT2D eigenvalue weighted by atomic mass is 10.2. The van der Waals surface area contributed by atoms with E-state index in [0.717, 1.165) is 5.56 Å². The Labute approximate surface area is 194 Å². The van der Waals surface area contributed by atoms with Gasteiger partial charge in [0.2, 0.25) is 5.91 Å². The van der Waals surface area contributed by atoms with E-state index in [0.29, 0.717) is 39.3 Å². The van der Waals surface area contributed by atoms with Gasteiger partial charge in [-0.3, -0.25) is 14.5 Å². The second kappa shape index (κ2) is 11.0. The standard InChI is InChI=1S/C24H32N4O5/c1-24(2,3)33-23(31)28-13-11-27(12-14-28)17-19(26-22(30)20-10-7-15-32-20)21(29)25-16-18-8-5-4-6-9-18/h4-10,15,19H,11-14,16-17H2,1-3H3,(H,25,29)(H,26,30)/t19-/m0/s1. The zero-order valence-corrected chi connectivity index (χ0v) is 19.4. The molecule has 1 aromatic carbocycles. The first-order valence-corrected chi connectivity index (χ1v) is 11.1. The van der Waals surface area contributed by atoms with E-state index in [1.54, 1.807) is 17.0 Å². The quantitative estimate of drug-likeness (QED) is 0.662. The van der Waals surface area contributed by atoms with Gasteiger partial charge in [0.15, 0.2) is 5.76 Å². The van der Waals surface area contributed by atoms with E-state index < -0.39 is 17.6 Å². The Balaban J connectivity index is 1.58. The van der Waals surface area contributed by atoms with Crippen molar-refractivity contribution in [2.75, 3.05) is 32.7 Å². The molecule has 2 N–H and O–H groups in total. The largest absolute Gasteiger partial charge is 0.459 e. The Kier molecular flexibility index (Phi) is 8.11. The van der Waals surface area contributed by atoms with Crippen LogP contribution in [0.3, 0.4) is 0 Å². The molecule has 1 aliphatic rings. The lowest BCUT2D eigenvalue weighted by Crippen LogP contribution is -2.56. The number of hydrogen-bond acceptors (Lipinski definition) is 6. The smallest absolute Gasteiger partial charge is 0.410 e. The van der Waals surface area contributed by atoms with Crippen LogP contribution in [0.25, 0.3) is 0 Å². The van der Waals surface area contributed by atoms with Crippen LogP contribution >= 0.6 is 0 Å². The molecular formula is C24H32N4O5. The summed E-state index contributed by atoms with van der Waals surface area (Å²) in [6, 6.07) is 12.0. The average molecular weight is 457 g/mol. The predicted octanol–water partition coefficient (Wildman–Crippen LogP) is 2.25. The fourth-order valence-corrected chi connectivity index (χ4v) is 3.44. The summed E-state index contributed by atoms with van der Waals surface area (Å²) in [4.78, 5) is 41.5. The van der Waals surface area contributed by atoms with Crippen molar-refractivity contribution >= 4 is 17.9 Å². The predicted molar refractivity (Wildman–Crippen MR) is 122 cm³/mol. The maximum absolute atomic E-state index is 13.0. The van der Waals surface area contributed by atoms with Crippen LogP contribution in [0.5, 0.6) is 0 Å². The van der Waals surface area contributed by atoms with Crippen molar-refractivity contribution in [2.24, 2.45) is 0 Å². The van der Waals surface area contributed by atoms with Crippen LogP contribution < -0.4 is 10.6 Å². The molecule has 1 fully saturated rings. The zero-order chi connectivity index (χ0) is 23.8. The molecule has 1 saturated heterocycles. The monoisotopic (exact) mass is 456 g/mol. The highest BCUT2D eigenvalue weighted by Crippen LogP contribution is 2.12. The first-order chi connectivity index (χ1) is 15.7. The normalized spacial score (nSPS) is 15.5. The van der Waals surface area contributed by atoms with Gasteiger partial charge in [0.25, 0.3) is 5.91 Å². The molecule has 2 aromatic rings. The first kappa shape index (κ1) is 24.3. The van der Waals surface area contributed by atoms with E-state index in [1.807, 2.05) is 51.1 Å². The Morgan fingerprint density at radius 2 is 1.73 bits per heavy atom. The summed E-state index contributed by atoms with van der Waals surface area (Å²) in [5.41, 5.74) is 0.416. The Morgan fingerprint density at radius 3 is 2.33 bits per heavy atom. The minimum absolute atomic E-state index is 0.144. The van der Waals surface area contributed by atoms with Gasteiger partial charge in [0.05, 0.1) is 6.26 Å². The number of nitrogens with zero attached hydrogens (tertiary/aromatic N) is 2. The lowest BCUT2D eigenvalue weighted by Gasteiger charge is -2.36. The van der Waals surface area contributed by atoms with Gasteiger partial charge in [0, 0.05) is 39.3 Å². The maximum atomic E-state index is 13.0. The highest BCUT2D eigenvalue weighted by molar-refractivity contribution is 5.95. The van der Waals surface area contributed by atoms with Gasteiger partial charge in [-0.05, 0) is 38.5 Å². The summed E-state index contributed by atoms with van der Waals surface area (Å²) < 4.78 is 10.6. The number of rotatable bonds is 7. The van der Waals surface area contributed by atoms with Crippen LogP contribution in [0.1, 0.15) is 36.9 Å². The van der Waals surface area contributed by atoms with E-state index in [-0.39, 0.29) is 17.8 Å². The van der Waals surface area contributed by atoms with E-state index in [2.05, 4.69) is 15.5 Å². The van der Waals surface area contributed by atoms with Gasteiger partial charge >= 0.3 is 6.09 Å². The minimum Gasteiger partial charge on any atom is -0.459 e. The zero-order valence-electron chi connectivity index (χ0n) is 19.4. The molecule has 0 spiro atoms. The number of benzene rings is 1. The number of piperazine rings is 1. The molecule has 0 unspecified atom stereocenters. The number of ether oxygens (including phenoxy) is 1. The number of nitrogens with one attached hydrogen (secondary N) is 2. The number of amides is 3. The second-order valence-corrected chi connectivity index (χ2v) is 8.97. The molecule has 33 heavy (non-hydrogen) atoms. The third kappa shape index (κ3) is 7.64. The second-order valence-electron chi connectivity index (χ2n) is 8.97. The Bertz CT molecular complexity index is 916. The van der Waals surface area contributed by atoms with Gasteiger partial charge in [-0.25, -0.2) is 4.79 Å². The van der Waals surface area contributed by atoms with Crippen LogP contribution in [0.15, 0.2) is 53.1 Å². The molecule has 9 nitrogen and oxygen atoms in total. The molecular weight excluding hydrogens is 424 g/mol. The van der Waals surface area contributed by atoms with Gasteiger partial charge < -0.3 is 24.7 Å². The van der Waals surface area contributed by atoms with Gasteiger partial charge in [-0.2, -0.15) is 0 Å². The summed E-state index contributed by atoms with van der Waals surface area (Å²) in [7, 11) is 0. The number of carbonyl (C=O) groups excluding carboxylic acids is 3. The van der Waals surface area contributed by atoms with Crippen molar-refractivity contribution in [3.8, 4) is 0 Å². The molecule has 2 heterocycles. The van der Waals surface area contributed by atoms with Gasteiger partial charge in [-0.15, -0.1) is 0 Å². The van der Waals surface area contributed by atoms with Gasteiger partial charge in [-0.1, -0.05) is 30.3 Å². The molecule has 0 bridgehead atoms. The van der Waals surface area contributed by atoms with Crippen molar-refractivity contribution in [1.29, 1.82) is 0 Å². The molecule has 178 valence electrons. The summed E-state index contributed by atoms with van der Waals surface area (Å²) in [6.45, 7) is 8.29. The Hall–Kier alpha value is -3.33. The van der Waals surface area contributed by atoms with E-state index in [4.69, 9.17) is 9.15 Å². The molecule has 3 amide bonds. The molecule has 0 radical (unpaired) electrons. The van der Waals surface area contributed by atoms with Crippen molar-refractivity contribution in [3.63, 3.8) is 0 Å². The highest BCUT2D eigenvalue weighted by atomic mass is 16.6. The van der Waals surface area contributed by atoms with Gasteiger partial charge in [0.1, 0.15) is 11.6 Å². The van der Waals surface area contributed by atoms with Crippen LogP contribution in [0.2, 0.25) is 0 Å². The third-order valence-electron chi connectivity index (χ3n) is 5.14. The van der Waals surface area contributed by atoms with Crippen LogP contribution in [-0.2, 0) is 16.1 Å². The van der Waals surface area contributed by atoms with Crippen LogP contribution in [0.4, 0.5) is 4.79 Å². The lowest BCUT2D eigenvalue weighted by molar-refractivity contribution is -0.123. The molecule has 1 aromatic heterocycles. The number of furan rings is 1. The fourth-order valence-electron chi connectivity index (χ4n) is 3.44. The van der Waals surface area contributed by atoms with Crippen LogP contribution in [0, 0.1) is 0 Å². The highest BCUT2D eigenvalue weighted by Gasteiger charge is 2.29. The maximum Gasteiger partial charge on any atom is 0.410 e. The minimum atomic E-state index is -0.778. The number of carbonyl (C=O) groups is 3. The summed E-state index contributed by atoms with van der Waals surface area (Å²) in [5.74, 6) is -0.591. The van der Waals surface area contributed by atoms with Crippen LogP contribution in [-0.4, -0.2) is 72.1 Å². The van der Waals surface area contributed by atoms with E-state index >= 15 is 0 Å². The molecule has 0 saturated carbocycles. The topological polar surface area (TPSA) is 104 Å². The van der Waals surface area contributed by atoms with E-state index in [9.17, 15) is 14.4 Å². The fraction of sp³-hybridized carbons (Fsp3) is 0.458. The number of hydrogen-bond donors (Lipinski definition) is 2. The molecule has 9 heteroatoms. The summed E-state index contributed by atoms with van der Waals surface area (Å²) >= 11 is 0. The van der Waals surface area contributed by atoms with Crippen molar-refractivity contribution < 1.29 is 23.5 Å². The molecule has 3 rings (SSSR count). The summed E-state index contributed by atoms with van der Waals surface area (Å²) in [5, 5.41) is 5.67. The molecule has 0 aliphatic carbocycles. The first-order valence-electron chi connectivity index (χ1n) is 11.1. The molecule has 1 atom stereocenters. The third-order valence-corrected chi connectivity index (χ3v) is 5.14. The molecule has 1 aliphatic heterocycles. The van der Waals surface area contributed by atoms with E-state index in [1.165, 1.54) is 6.26 Å². The van der Waals surface area contributed by atoms with Crippen molar-refractivity contribution in [3.05, 3.63) is 60.1 Å². The Morgan fingerprint density at radius 1 is 1.03 bits per heavy atom. The van der Waals surface area contributed by atoms with Crippen molar-refractivity contribution in [1.82, 2.24) is 20.4 Å². The van der Waals surface area contributed by atoms with Crippen molar-refractivity contribution in [2.45, 2.75) is 39.0 Å². The average Bonchev–Trinajstić information content (AvgIpc) is 3.32. The summed E-state index contributed by atoms with van der Waals surface area (Å²) in [6.07, 6.45) is 1.07. The SMILES string of the molecule is CC(C)(C)OC(=O)N1CCN(C[C@H](NC(=O)c2ccco2)C(=O)NCc2ccccc2)CC1.